The van der Waals surface area contributed by atoms with E-state index in [0.717, 1.165) is 91.7 Å². The van der Waals surface area contributed by atoms with Crippen LogP contribution in [0, 0.1) is 6.57 Å². The van der Waals surface area contributed by atoms with E-state index in [9.17, 15) is 39.3 Å². The topological polar surface area (TPSA) is 223 Å². The number of hydrogen-bond acceptors (Lipinski definition) is 15. The molecular weight excluding hydrogens is 984 g/mol. The number of carboxylic acid groups (broad SMARTS) is 3. The van der Waals surface area contributed by atoms with Crippen LogP contribution in [0.25, 0.3) is 15.6 Å². The SMILES string of the molecule is [C-]#[N+]C[C@H]1CN(c2nc(OC[C@@H]3CCCN3CCCCCCNC(=O)CN3CCN(CC(=O)O)CCN(CC(=O)O)CCN(CC(=O)O)CC3)nc3c2CCN(c2cccc4cccc(Cl)c24)C3)CCN1C(=O)C=C. The van der Waals surface area contributed by atoms with Gasteiger partial charge < -0.3 is 44.9 Å². The number of fused-ring (bicyclic) bond motifs is 2. The maximum atomic E-state index is 13.2. The van der Waals surface area contributed by atoms with Gasteiger partial charge in [-0.3, -0.25) is 48.5 Å². The number of benzene rings is 2. The third kappa shape index (κ3) is 16.4. The molecule has 4 aliphatic rings. The van der Waals surface area contributed by atoms with Gasteiger partial charge in [0.25, 0.3) is 0 Å². The molecule has 3 aromatic rings. The predicted molar refractivity (Wildman–Crippen MR) is 285 cm³/mol. The highest BCUT2D eigenvalue weighted by Crippen LogP contribution is 2.37. The van der Waals surface area contributed by atoms with Gasteiger partial charge in [-0.2, -0.15) is 9.97 Å². The molecule has 0 bridgehead atoms. The monoisotopic (exact) mass is 1060 g/mol. The first-order valence-electron chi connectivity index (χ1n) is 26.3. The van der Waals surface area contributed by atoms with E-state index in [1.54, 1.807) is 19.6 Å². The number of amides is 2. The minimum Gasteiger partial charge on any atom is -0.480 e. The van der Waals surface area contributed by atoms with Crippen molar-refractivity contribution in [1.29, 1.82) is 0 Å². The van der Waals surface area contributed by atoms with Crippen molar-refractivity contribution in [1.82, 2.24) is 44.7 Å². The van der Waals surface area contributed by atoms with E-state index in [-0.39, 0.29) is 56.6 Å². The first-order chi connectivity index (χ1) is 36.3. The number of ether oxygens (including phenoxy) is 1. The van der Waals surface area contributed by atoms with Crippen LogP contribution in [-0.4, -0.2) is 234 Å². The molecule has 406 valence electrons. The molecule has 75 heavy (non-hydrogen) atoms. The Bertz CT molecular complexity index is 2480. The predicted octanol–water partition coefficient (Wildman–Crippen LogP) is 2.96. The largest absolute Gasteiger partial charge is 0.480 e. The van der Waals surface area contributed by atoms with E-state index in [1.807, 2.05) is 17.0 Å². The number of unbranched alkanes of at least 4 members (excludes halogenated alkanes) is 3. The second kappa shape index (κ2) is 28.1. The fourth-order valence-corrected chi connectivity index (χ4v) is 11.1. The number of anilines is 2. The lowest BCUT2D eigenvalue weighted by Gasteiger charge is -2.41. The summed E-state index contributed by atoms with van der Waals surface area (Å²) in [7, 11) is 0. The van der Waals surface area contributed by atoms with Gasteiger partial charge >= 0.3 is 23.9 Å². The summed E-state index contributed by atoms with van der Waals surface area (Å²) >= 11 is 6.80. The van der Waals surface area contributed by atoms with Gasteiger partial charge in [-0.25, -0.2) is 6.57 Å². The number of aliphatic carboxylic acids is 3. The van der Waals surface area contributed by atoms with Crippen molar-refractivity contribution in [3.63, 3.8) is 0 Å². The Kier molecular flexibility index (Phi) is 21.2. The molecule has 4 N–H and O–H groups in total. The minimum atomic E-state index is -1.01. The number of piperazine rings is 1. The van der Waals surface area contributed by atoms with E-state index < -0.39 is 17.9 Å². The fourth-order valence-electron chi connectivity index (χ4n) is 10.8. The lowest BCUT2D eigenvalue weighted by molar-refractivity contribution is -0.140. The zero-order valence-corrected chi connectivity index (χ0v) is 43.8. The van der Waals surface area contributed by atoms with Gasteiger partial charge in [-0.15, -0.1) is 0 Å². The highest BCUT2D eigenvalue weighted by Gasteiger charge is 2.35. The molecule has 21 nitrogen and oxygen atoms in total. The van der Waals surface area contributed by atoms with Gasteiger partial charge in [0.2, 0.25) is 18.4 Å². The van der Waals surface area contributed by atoms with Gasteiger partial charge in [0, 0.05) is 108 Å². The van der Waals surface area contributed by atoms with Crippen LogP contribution in [-0.2, 0) is 36.9 Å². The Morgan fingerprint density at radius 1 is 0.760 bits per heavy atom. The van der Waals surface area contributed by atoms with E-state index in [1.165, 1.54) is 6.08 Å². The Morgan fingerprint density at radius 2 is 1.39 bits per heavy atom. The first kappa shape index (κ1) is 56.6. The molecule has 5 heterocycles. The second-order valence-electron chi connectivity index (χ2n) is 19.9. The number of carboxylic acids is 3. The average molecular weight is 1060 g/mol. The molecular formula is C53H73ClN12O9. The standard InChI is InChI=1S/C53H73ClN12O9/c1-3-47(68)66-30-29-65(32-41(66)31-55-2)52-42-16-20-64(45-15-9-12-39-11-8-14-43(54)51(39)45)33-44(42)57-53(58-52)75-38-40-13-10-19-63(40)18-7-5-4-6-17-56-46(67)34-59-21-23-60(35-48(69)70)25-27-62(37-50(73)74)28-26-61(24-22-59)36-49(71)72/h3,8-9,11-12,14-15,40-41H,1,4-7,10,13,16-38H2,(H,56,67)(H,69,70)(H,71,72)(H,73,74)/t40-,41-/m0/s1. The van der Waals surface area contributed by atoms with Crippen molar-refractivity contribution in [2.75, 3.05) is 147 Å². The van der Waals surface area contributed by atoms with E-state index in [0.29, 0.717) is 109 Å². The summed E-state index contributed by atoms with van der Waals surface area (Å²) in [5.74, 6) is -2.55. The number of nitrogens with zero attached hydrogens (tertiary/aromatic N) is 11. The van der Waals surface area contributed by atoms with Crippen LogP contribution < -0.4 is 19.9 Å². The molecule has 7 rings (SSSR count). The Morgan fingerprint density at radius 3 is 2.01 bits per heavy atom. The minimum absolute atomic E-state index is 0.0844. The average Bonchev–Trinajstić information content (AvgIpc) is 3.84. The van der Waals surface area contributed by atoms with Crippen LogP contribution in [0.1, 0.15) is 49.8 Å². The number of hydrogen-bond donors (Lipinski definition) is 4. The summed E-state index contributed by atoms with van der Waals surface area (Å²) in [6, 6.07) is 12.4. The zero-order valence-electron chi connectivity index (χ0n) is 43.0. The molecule has 0 unspecified atom stereocenters. The molecule has 3 fully saturated rings. The number of carbonyl (C=O) groups excluding carboxylic acids is 2. The van der Waals surface area contributed by atoms with Crippen LogP contribution in [0.2, 0.25) is 5.02 Å². The van der Waals surface area contributed by atoms with Crippen LogP contribution in [0.4, 0.5) is 11.5 Å². The van der Waals surface area contributed by atoms with E-state index in [4.69, 9.17) is 32.9 Å². The molecule has 0 saturated carbocycles. The van der Waals surface area contributed by atoms with Crippen molar-refractivity contribution >= 4 is 63.6 Å². The summed E-state index contributed by atoms with van der Waals surface area (Å²) in [5, 5.41) is 34.3. The summed E-state index contributed by atoms with van der Waals surface area (Å²) in [5.41, 5.74) is 2.97. The molecule has 0 spiro atoms. The summed E-state index contributed by atoms with van der Waals surface area (Å²) in [6.45, 7) is 19.2. The number of rotatable bonds is 22. The van der Waals surface area contributed by atoms with Gasteiger partial charge in [-0.05, 0) is 68.8 Å². The lowest BCUT2D eigenvalue weighted by Crippen LogP contribution is -2.56. The van der Waals surface area contributed by atoms with Crippen LogP contribution >= 0.6 is 11.6 Å². The molecule has 2 aromatic carbocycles. The van der Waals surface area contributed by atoms with Crippen LogP contribution in [0.5, 0.6) is 6.01 Å². The molecule has 3 saturated heterocycles. The fraction of sp³-hybridized carbons (Fsp3) is 0.585. The number of nitrogens with one attached hydrogen (secondary N) is 1. The number of halogens is 1. The summed E-state index contributed by atoms with van der Waals surface area (Å²) < 4.78 is 6.56. The van der Waals surface area contributed by atoms with Crippen molar-refractivity contribution in [3.8, 4) is 6.01 Å². The summed E-state index contributed by atoms with van der Waals surface area (Å²) in [4.78, 5) is 90.5. The molecule has 0 radical (unpaired) electrons. The Balaban J connectivity index is 0.910. The molecule has 0 aliphatic carbocycles. The molecule has 1 aromatic heterocycles. The van der Waals surface area contributed by atoms with E-state index in [2.05, 4.69) is 55.7 Å². The number of aromatic nitrogens is 2. The highest BCUT2D eigenvalue weighted by atomic mass is 35.5. The maximum absolute atomic E-state index is 13.2. The third-order valence-corrected chi connectivity index (χ3v) is 15.0. The molecule has 22 heteroatoms. The quantitative estimate of drug-likeness (QED) is 0.0645. The second-order valence-corrected chi connectivity index (χ2v) is 20.3. The van der Waals surface area contributed by atoms with Crippen molar-refractivity contribution in [3.05, 3.63) is 76.8 Å². The summed E-state index contributed by atoms with van der Waals surface area (Å²) in [6.07, 6.45) is 7.79. The highest BCUT2D eigenvalue weighted by molar-refractivity contribution is 6.36. The normalized spacial score (nSPS) is 19.9. The number of carbonyl (C=O) groups is 5. The van der Waals surface area contributed by atoms with Gasteiger partial charge in [0.1, 0.15) is 18.5 Å². The van der Waals surface area contributed by atoms with Crippen molar-refractivity contribution in [2.45, 2.75) is 63.6 Å². The van der Waals surface area contributed by atoms with E-state index >= 15 is 0 Å². The van der Waals surface area contributed by atoms with Gasteiger partial charge in [0.15, 0.2) is 0 Å². The van der Waals surface area contributed by atoms with Crippen LogP contribution in [0.15, 0.2) is 49.1 Å². The Labute approximate surface area is 444 Å². The maximum Gasteiger partial charge on any atom is 0.318 e. The van der Waals surface area contributed by atoms with Gasteiger partial charge in [0.05, 0.1) is 43.4 Å². The van der Waals surface area contributed by atoms with Crippen LogP contribution in [0.3, 0.4) is 0 Å². The first-order valence-corrected chi connectivity index (χ1v) is 26.7. The third-order valence-electron chi connectivity index (χ3n) is 14.7. The number of likely N-dealkylation sites (tertiary alicyclic amines) is 1. The Hall–Kier alpha value is -6.15. The van der Waals surface area contributed by atoms with Crippen molar-refractivity contribution in [2.24, 2.45) is 0 Å². The zero-order chi connectivity index (χ0) is 53.3. The molecule has 4 aliphatic heterocycles. The van der Waals surface area contributed by atoms with Crippen molar-refractivity contribution < 1.29 is 44.0 Å². The molecule has 2 atom stereocenters. The smallest absolute Gasteiger partial charge is 0.318 e. The molecule has 2 amide bonds. The van der Waals surface area contributed by atoms with Gasteiger partial charge in [-0.1, -0.05) is 55.3 Å². The lowest BCUT2D eigenvalue weighted by atomic mass is 10.0.